The molecule has 4 nitrogen and oxygen atoms in total. The normalized spacial score (nSPS) is 22.8. The molecule has 2 rings (SSSR count). The summed E-state index contributed by atoms with van der Waals surface area (Å²) in [5, 5.41) is 4.03. The topological polar surface area (TPSA) is 38.1 Å². The average molecular weight is 244 g/mol. The largest absolute Gasteiger partial charge is 0.308 e. The van der Waals surface area contributed by atoms with E-state index in [9.17, 15) is 4.79 Å². The van der Waals surface area contributed by atoms with Gasteiger partial charge in [0.2, 0.25) is 5.91 Å². The predicted octanol–water partition coefficient (Wildman–Crippen LogP) is 0.920. The lowest BCUT2D eigenvalue weighted by atomic mass is 10.4. The second kappa shape index (κ2) is 3.14. The molecule has 1 amide bonds. The Morgan fingerprint density at radius 2 is 2.46 bits per heavy atom. The number of halogens is 1. The number of carbonyl (C=O) groups excluding carboxylic acids is 1. The van der Waals surface area contributed by atoms with Crippen LogP contribution < -0.4 is 4.90 Å². The molecule has 1 saturated heterocycles. The van der Waals surface area contributed by atoms with Crippen LogP contribution in [-0.2, 0) is 11.8 Å². The molecule has 0 saturated carbocycles. The van der Waals surface area contributed by atoms with E-state index in [1.165, 1.54) is 0 Å². The van der Waals surface area contributed by atoms with Crippen molar-refractivity contribution in [2.45, 2.75) is 11.2 Å². The van der Waals surface area contributed by atoms with Gasteiger partial charge in [0.15, 0.2) is 0 Å². The maximum absolute atomic E-state index is 11.6. The van der Waals surface area contributed by atoms with Gasteiger partial charge in [-0.3, -0.25) is 9.48 Å². The molecule has 0 aliphatic carbocycles. The van der Waals surface area contributed by atoms with Crippen LogP contribution in [0.1, 0.15) is 6.42 Å². The Hall–Kier alpha value is -0.840. The number of hydrogen-bond acceptors (Lipinski definition) is 2. The standard InChI is InChI=1S/C8H10BrN3O/c1-11-5-6(4-10-11)12-3-2-7(9)8(12)13/h4-5,7H,2-3H2,1H3/t7-/m0/s1. The quantitative estimate of drug-likeness (QED) is 0.689. The molecule has 1 aliphatic rings. The van der Waals surface area contributed by atoms with E-state index in [0.29, 0.717) is 0 Å². The molecular formula is C8H10BrN3O. The molecule has 0 spiro atoms. The van der Waals surface area contributed by atoms with Crippen LogP contribution >= 0.6 is 15.9 Å². The minimum atomic E-state index is -0.0206. The molecule has 1 aromatic rings. The molecule has 0 aromatic carbocycles. The van der Waals surface area contributed by atoms with E-state index in [1.807, 2.05) is 13.2 Å². The highest BCUT2D eigenvalue weighted by atomic mass is 79.9. The Balaban J connectivity index is 2.23. The van der Waals surface area contributed by atoms with Crippen LogP contribution in [-0.4, -0.2) is 27.1 Å². The number of aromatic nitrogens is 2. The molecule has 5 heteroatoms. The molecule has 13 heavy (non-hydrogen) atoms. The first-order valence-corrected chi connectivity index (χ1v) is 5.04. The van der Waals surface area contributed by atoms with Crippen molar-refractivity contribution < 1.29 is 4.79 Å². The molecule has 1 aromatic heterocycles. The zero-order valence-corrected chi connectivity index (χ0v) is 8.86. The van der Waals surface area contributed by atoms with E-state index in [-0.39, 0.29) is 10.7 Å². The summed E-state index contributed by atoms with van der Waals surface area (Å²) < 4.78 is 1.70. The molecule has 0 N–H and O–H groups in total. The molecule has 70 valence electrons. The number of amides is 1. The summed E-state index contributed by atoms with van der Waals surface area (Å²) in [5.74, 6) is 0.132. The number of aryl methyl sites for hydroxylation is 1. The van der Waals surface area contributed by atoms with Crippen LogP contribution in [0, 0.1) is 0 Å². The van der Waals surface area contributed by atoms with Gasteiger partial charge in [0.1, 0.15) is 0 Å². The first kappa shape index (κ1) is 8.74. The van der Waals surface area contributed by atoms with Crippen LogP contribution in [0.25, 0.3) is 0 Å². The predicted molar refractivity (Wildman–Crippen MR) is 52.9 cm³/mol. The number of rotatable bonds is 1. The Morgan fingerprint density at radius 3 is 2.92 bits per heavy atom. The van der Waals surface area contributed by atoms with Crippen LogP contribution in [0.4, 0.5) is 5.69 Å². The minimum absolute atomic E-state index is 0.0206. The smallest absolute Gasteiger partial charge is 0.240 e. The fourth-order valence-electron chi connectivity index (χ4n) is 1.45. The number of anilines is 1. The monoisotopic (exact) mass is 243 g/mol. The van der Waals surface area contributed by atoms with Crippen molar-refractivity contribution in [3.8, 4) is 0 Å². The van der Waals surface area contributed by atoms with Crippen LogP contribution in [0.2, 0.25) is 0 Å². The second-order valence-electron chi connectivity index (χ2n) is 3.12. The molecular weight excluding hydrogens is 234 g/mol. The maximum Gasteiger partial charge on any atom is 0.240 e. The number of hydrogen-bond donors (Lipinski definition) is 0. The van der Waals surface area contributed by atoms with Crippen molar-refractivity contribution in [1.82, 2.24) is 9.78 Å². The lowest BCUT2D eigenvalue weighted by molar-refractivity contribution is -0.116. The Labute approximate surface area is 84.6 Å². The van der Waals surface area contributed by atoms with Crippen molar-refractivity contribution in [3.05, 3.63) is 12.4 Å². The van der Waals surface area contributed by atoms with Gasteiger partial charge in [-0.15, -0.1) is 0 Å². The van der Waals surface area contributed by atoms with Gasteiger partial charge in [-0.05, 0) is 6.42 Å². The van der Waals surface area contributed by atoms with E-state index in [1.54, 1.807) is 15.8 Å². The van der Waals surface area contributed by atoms with Crippen LogP contribution in [0.3, 0.4) is 0 Å². The summed E-state index contributed by atoms with van der Waals surface area (Å²) in [6.45, 7) is 0.778. The zero-order valence-electron chi connectivity index (χ0n) is 7.27. The molecule has 0 radical (unpaired) electrons. The molecule has 1 fully saturated rings. The average Bonchev–Trinajstić information content (AvgIpc) is 2.62. The fraction of sp³-hybridized carbons (Fsp3) is 0.500. The molecule has 0 unspecified atom stereocenters. The lowest BCUT2D eigenvalue weighted by Crippen LogP contribution is -2.26. The summed E-state index contributed by atoms with van der Waals surface area (Å²) in [5.41, 5.74) is 0.884. The second-order valence-corrected chi connectivity index (χ2v) is 4.22. The molecule has 2 heterocycles. The summed E-state index contributed by atoms with van der Waals surface area (Å²) in [6, 6.07) is 0. The van der Waals surface area contributed by atoms with Gasteiger partial charge in [-0.25, -0.2) is 0 Å². The number of carbonyl (C=O) groups is 1. The fourth-order valence-corrected chi connectivity index (χ4v) is 1.90. The van der Waals surface area contributed by atoms with E-state index < -0.39 is 0 Å². The molecule has 1 atom stereocenters. The van der Waals surface area contributed by atoms with E-state index in [2.05, 4.69) is 21.0 Å². The Kier molecular flexibility index (Phi) is 2.11. The van der Waals surface area contributed by atoms with Gasteiger partial charge in [0.05, 0.1) is 16.7 Å². The summed E-state index contributed by atoms with van der Waals surface area (Å²) >= 11 is 3.33. The highest BCUT2D eigenvalue weighted by molar-refractivity contribution is 9.10. The summed E-state index contributed by atoms with van der Waals surface area (Å²) in [4.78, 5) is 13.3. The van der Waals surface area contributed by atoms with Crippen molar-refractivity contribution in [2.75, 3.05) is 11.4 Å². The van der Waals surface area contributed by atoms with Gasteiger partial charge in [0, 0.05) is 19.8 Å². The van der Waals surface area contributed by atoms with Crippen molar-refractivity contribution in [2.24, 2.45) is 7.05 Å². The SMILES string of the molecule is Cn1cc(N2CC[C@H](Br)C2=O)cn1. The first-order valence-electron chi connectivity index (χ1n) is 4.12. The van der Waals surface area contributed by atoms with Gasteiger partial charge >= 0.3 is 0 Å². The van der Waals surface area contributed by atoms with Crippen LogP contribution in [0.5, 0.6) is 0 Å². The van der Waals surface area contributed by atoms with E-state index in [0.717, 1.165) is 18.7 Å². The van der Waals surface area contributed by atoms with Crippen molar-refractivity contribution >= 4 is 27.5 Å². The van der Waals surface area contributed by atoms with E-state index in [4.69, 9.17) is 0 Å². The van der Waals surface area contributed by atoms with Crippen LogP contribution in [0.15, 0.2) is 12.4 Å². The zero-order chi connectivity index (χ0) is 9.42. The highest BCUT2D eigenvalue weighted by Crippen LogP contribution is 2.24. The maximum atomic E-state index is 11.6. The molecule has 1 aliphatic heterocycles. The van der Waals surface area contributed by atoms with Crippen molar-refractivity contribution in [3.63, 3.8) is 0 Å². The summed E-state index contributed by atoms with van der Waals surface area (Å²) in [6.07, 6.45) is 4.43. The third-order valence-corrected chi connectivity index (χ3v) is 2.99. The number of alkyl halides is 1. The van der Waals surface area contributed by atoms with Gasteiger partial charge < -0.3 is 4.90 Å². The number of nitrogens with zero attached hydrogens (tertiary/aromatic N) is 3. The Morgan fingerprint density at radius 1 is 1.69 bits per heavy atom. The lowest BCUT2D eigenvalue weighted by Gasteiger charge is -2.12. The van der Waals surface area contributed by atoms with Crippen molar-refractivity contribution in [1.29, 1.82) is 0 Å². The van der Waals surface area contributed by atoms with Gasteiger partial charge in [0.25, 0.3) is 0 Å². The van der Waals surface area contributed by atoms with E-state index >= 15 is 0 Å². The third kappa shape index (κ3) is 1.48. The van der Waals surface area contributed by atoms with Gasteiger partial charge in [-0.1, -0.05) is 15.9 Å². The van der Waals surface area contributed by atoms with Gasteiger partial charge in [-0.2, -0.15) is 5.10 Å². The Bertz CT molecular complexity index is 336. The highest BCUT2D eigenvalue weighted by Gasteiger charge is 2.30. The first-order chi connectivity index (χ1) is 6.18. The summed E-state index contributed by atoms with van der Waals surface area (Å²) in [7, 11) is 1.84. The molecule has 0 bridgehead atoms. The minimum Gasteiger partial charge on any atom is -0.308 e. The third-order valence-electron chi connectivity index (χ3n) is 2.14.